The molecule has 0 unspecified atom stereocenters. The molecule has 0 fully saturated rings. The quantitative estimate of drug-likeness (QED) is 0.495. The average Bonchev–Trinajstić information content (AvgIpc) is 2.59. The zero-order valence-electron chi connectivity index (χ0n) is 12.4. The van der Waals surface area contributed by atoms with Crippen molar-refractivity contribution < 1.29 is 0 Å². The van der Waals surface area contributed by atoms with Gasteiger partial charge in [0.15, 0.2) is 0 Å². The summed E-state index contributed by atoms with van der Waals surface area (Å²) in [7, 11) is 2.27. The summed E-state index contributed by atoms with van der Waals surface area (Å²) >= 11 is 0. The van der Waals surface area contributed by atoms with Crippen LogP contribution in [0.5, 0.6) is 0 Å². The van der Waals surface area contributed by atoms with Crippen molar-refractivity contribution in [1.82, 2.24) is 0 Å². The van der Waals surface area contributed by atoms with E-state index in [1.807, 2.05) is 0 Å². The van der Waals surface area contributed by atoms with Gasteiger partial charge in [-0.3, -0.25) is 0 Å². The van der Waals surface area contributed by atoms with E-state index in [0.29, 0.717) is 0 Å². The van der Waals surface area contributed by atoms with Gasteiger partial charge in [-0.05, 0) is 16.7 Å². The van der Waals surface area contributed by atoms with Crippen LogP contribution < -0.4 is 0 Å². The zero-order chi connectivity index (χ0) is 14.5. The van der Waals surface area contributed by atoms with Crippen molar-refractivity contribution in [3.05, 3.63) is 108 Å². The highest BCUT2D eigenvalue weighted by atomic mass is 14.3. The molecule has 3 rings (SSSR count). The summed E-state index contributed by atoms with van der Waals surface area (Å²) < 4.78 is 0. The number of hydrogen-bond donors (Lipinski definition) is 0. The molecule has 0 saturated carbocycles. The Morgan fingerprint density at radius 1 is 0.524 bits per heavy atom. The highest BCUT2D eigenvalue weighted by molar-refractivity contribution is 6.10. The van der Waals surface area contributed by atoms with Crippen molar-refractivity contribution in [2.45, 2.75) is 11.7 Å². The minimum atomic E-state index is -0.0796. The van der Waals surface area contributed by atoms with Crippen molar-refractivity contribution in [1.29, 1.82) is 0 Å². The fourth-order valence-corrected chi connectivity index (χ4v) is 3.28. The van der Waals surface area contributed by atoms with Gasteiger partial charge in [0.05, 0.1) is 0 Å². The molecule has 1 heteroatoms. The Hall–Kier alpha value is -2.28. The second-order valence-electron chi connectivity index (χ2n) is 5.36. The first kappa shape index (κ1) is 13.7. The van der Waals surface area contributed by atoms with Crippen LogP contribution in [0.4, 0.5) is 0 Å². The molecular weight excluding hydrogens is 251 g/mol. The Bertz CT molecular complexity index is 578. The summed E-state index contributed by atoms with van der Waals surface area (Å²) in [6, 6.07) is 32.5. The maximum Gasteiger partial charge on any atom is 0.103 e. The maximum absolute atomic E-state index is 2.27. The van der Waals surface area contributed by atoms with Crippen LogP contribution in [0.2, 0.25) is 6.32 Å². The first-order chi connectivity index (χ1) is 10.4. The lowest BCUT2D eigenvalue weighted by molar-refractivity contribution is 0.691. The molecule has 0 nitrogen and oxygen atoms in total. The van der Waals surface area contributed by atoms with Gasteiger partial charge in [0.2, 0.25) is 0 Å². The van der Waals surface area contributed by atoms with Crippen LogP contribution in [0.3, 0.4) is 0 Å². The predicted molar refractivity (Wildman–Crippen MR) is 92.6 cm³/mol. The average molecular weight is 270 g/mol. The van der Waals surface area contributed by atoms with Crippen LogP contribution in [0.25, 0.3) is 0 Å². The Kier molecular flexibility index (Phi) is 3.92. The molecule has 0 aliphatic heterocycles. The highest BCUT2D eigenvalue weighted by Gasteiger charge is 2.33. The number of rotatable bonds is 4. The number of hydrogen-bond acceptors (Lipinski definition) is 0. The smallest absolute Gasteiger partial charge is 0.0634 e. The first-order valence-corrected chi connectivity index (χ1v) is 7.54. The van der Waals surface area contributed by atoms with Crippen LogP contribution in [0, 0.1) is 0 Å². The Labute approximate surface area is 127 Å². The molecule has 0 aliphatic carbocycles. The summed E-state index contributed by atoms with van der Waals surface area (Å²) in [6.07, 6.45) is 1.03. The van der Waals surface area contributed by atoms with Crippen LogP contribution >= 0.6 is 0 Å². The first-order valence-electron chi connectivity index (χ1n) is 7.54. The monoisotopic (exact) mass is 270 g/mol. The van der Waals surface area contributed by atoms with Crippen LogP contribution in [0.1, 0.15) is 16.7 Å². The predicted octanol–water partition coefficient (Wildman–Crippen LogP) is 4.07. The lowest BCUT2D eigenvalue weighted by Crippen LogP contribution is -2.28. The van der Waals surface area contributed by atoms with Crippen molar-refractivity contribution in [3.8, 4) is 0 Å². The molecule has 0 radical (unpaired) electrons. The van der Waals surface area contributed by atoms with Gasteiger partial charge < -0.3 is 0 Å². The third-order valence-electron chi connectivity index (χ3n) is 4.33. The van der Waals surface area contributed by atoms with Gasteiger partial charge in [-0.15, -0.1) is 0 Å². The van der Waals surface area contributed by atoms with E-state index in [4.69, 9.17) is 0 Å². The van der Waals surface area contributed by atoms with E-state index in [2.05, 4.69) is 98.8 Å². The third-order valence-corrected chi connectivity index (χ3v) is 4.33. The van der Waals surface area contributed by atoms with Crippen LogP contribution in [0.15, 0.2) is 91.0 Å². The molecule has 0 spiro atoms. The van der Waals surface area contributed by atoms with Gasteiger partial charge in [-0.1, -0.05) is 97.3 Å². The van der Waals surface area contributed by atoms with Gasteiger partial charge in [0.25, 0.3) is 0 Å². The molecule has 3 aromatic carbocycles. The fourth-order valence-electron chi connectivity index (χ4n) is 3.28. The summed E-state index contributed by atoms with van der Waals surface area (Å²) in [4.78, 5) is 0. The lowest BCUT2D eigenvalue weighted by atomic mass is 9.63. The van der Waals surface area contributed by atoms with Gasteiger partial charge in [0, 0.05) is 5.41 Å². The molecule has 3 aromatic rings. The Balaban J connectivity index is 2.29. The summed E-state index contributed by atoms with van der Waals surface area (Å²) in [5.41, 5.74) is 3.98. The summed E-state index contributed by atoms with van der Waals surface area (Å²) in [5.74, 6) is 0. The minimum Gasteiger partial charge on any atom is -0.0634 e. The highest BCUT2D eigenvalue weighted by Crippen LogP contribution is 2.41. The van der Waals surface area contributed by atoms with E-state index in [1.165, 1.54) is 16.7 Å². The van der Waals surface area contributed by atoms with Crippen LogP contribution in [-0.2, 0) is 5.41 Å². The normalized spacial score (nSPS) is 11.2. The maximum atomic E-state index is 2.27. The molecule has 102 valence electrons. The minimum absolute atomic E-state index is 0.0796. The Morgan fingerprint density at radius 2 is 0.810 bits per heavy atom. The van der Waals surface area contributed by atoms with Crippen LogP contribution in [-0.4, -0.2) is 7.85 Å². The summed E-state index contributed by atoms with van der Waals surface area (Å²) in [6.45, 7) is 0. The van der Waals surface area contributed by atoms with Gasteiger partial charge in [-0.2, -0.15) is 0 Å². The molecular formula is C20H19B. The third kappa shape index (κ3) is 2.40. The molecule has 0 atom stereocenters. The molecule has 0 aromatic heterocycles. The summed E-state index contributed by atoms with van der Waals surface area (Å²) in [5, 5.41) is 0. The van der Waals surface area contributed by atoms with E-state index in [9.17, 15) is 0 Å². The molecule has 0 heterocycles. The topological polar surface area (TPSA) is 0 Å². The van der Waals surface area contributed by atoms with E-state index in [-0.39, 0.29) is 5.41 Å². The standard InChI is InChI=1S/C20H19B/c21-16-20(17-10-4-1-5-11-17,18-12-6-2-7-13-18)19-14-8-3-9-15-19/h1-15H,16,21H2. The van der Waals surface area contributed by atoms with E-state index in [1.54, 1.807) is 0 Å². The Morgan fingerprint density at radius 3 is 1.05 bits per heavy atom. The molecule has 0 saturated heterocycles. The van der Waals surface area contributed by atoms with E-state index in [0.717, 1.165) is 6.32 Å². The number of benzene rings is 3. The van der Waals surface area contributed by atoms with Gasteiger partial charge >= 0.3 is 0 Å². The second-order valence-corrected chi connectivity index (χ2v) is 5.36. The SMILES string of the molecule is BCC(c1ccccc1)(c1ccccc1)c1ccccc1. The van der Waals surface area contributed by atoms with E-state index >= 15 is 0 Å². The molecule has 0 bridgehead atoms. The van der Waals surface area contributed by atoms with E-state index < -0.39 is 0 Å². The lowest BCUT2D eigenvalue weighted by Gasteiger charge is -2.35. The van der Waals surface area contributed by atoms with Gasteiger partial charge in [0.1, 0.15) is 7.85 Å². The van der Waals surface area contributed by atoms with Gasteiger partial charge in [-0.25, -0.2) is 0 Å². The molecule has 0 aliphatic rings. The van der Waals surface area contributed by atoms with Crippen molar-refractivity contribution >= 4 is 7.85 Å². The van der Waals surface area contributed by atoms with Crippen molar-refractivity contribution in [2.24, 2.45) is 0 Å². The molecule has 0 amide bonds. The zero-order valence-corrected chi connectivity index (χ0v) is 12.4. The second kappa shape index (κ2) is 6.01. The molecule has 0 N–H and O–H groups in total. The van der Waals surface area contributed by atoms with Crippen molar-refractivity contribution in [3.63, 3.8) is 0 Å². The fraction of sp³-hybridized carbons (Fsp3) is 0.100. The molecule has 21 heavy (non-hydrogen) atoms. The largest absolute Gasteiger partial charge is 0.103 e. The van der Waals surface area contributed by atoms with Crippen molar-refractivity contribution in [2.75, 3.05) is 0 Å².